The van der Waals surface area contributed by atoms with Crippen LogP contribution in [-0.2, 0) is 21.3 Å². The first-order chi connectivity index (χ1) is 9.43. The molecule has 0 saturated heterocycles. The van der Waals surface area contributed by atoms with E-state index < -0.39 is 16.8 Å². The summed E-state index contributed by atoms with van der Waals surface area (Å²) in [5, 5.41) is 3.31. The first-order valence-corrected chi connectivity index (χ1v) is 9.57. The molecule has 3 N–H and O–H groups in total. The molecular formula is C13H20Cl2N2O2S2. The minimum absolute atomic E-state index is 0. The molecule has 120 valence electrons. The molecule has 0 aromatic heterocycles. The third-order valence-electron chi connectivity index (χ3n) is 2.64. The molecule has 0 aliphatic heterocycles. The third-order valence-corrected chi connectivity index (χ3v) is 4.37. The van der Waals surface area contributed by atoms with Crippen LogP contribution in [0.15, 0.2) is 18.2 Å². The summed E-state index contributed by atoms with van der Waals surface area (Å²) in [6.07, 6.45) is 4.22. The van der Waals surface area contributed by atoms with Gasteiger partial charge in [0.25, 0.3) is 0 Å². The quantitative estimate of drug-likeness (QED) is 0.773. The Kier molecular flexibility index (Phi) is 10.3. The maximum absolute atomic E-state index is 11.9. The van der Waals surface area contributed by atoms with E-state index in [1.54, 1.807) is 36.2 Å². The van der Waals surface area contributed by atoms with Gasteiger partial charge in [-0.1, -0.05) is 11.6 Å². The van der Waals surface area contributed by atoms with E-state index in [2.05, 4.69) is 5.32 Å². The highest BCUT2D eigenvalue weighted by Gasteiger charge is 2.13. The van der Waals surface area contributed by atoms with Crippen LogP contribution in [-0.4, -0.2) is 34.4 Å². The van der Waals surface area contributed by atoms with Gasteiger partial charge in [-0.25, -0.2) is 0 Å². The maximum Gasteiger partial charge on any atom is 0.241 e. The number of benzene rings is 1. The van der Waals surface area contributed by atoms with Gasteiger partial charge < -0.3 is 11.1 Å². The Bertz CT molecular complexity index is 501. The Morgan fingerprint density at radius 2 is 2.19 bits per heavy atom. The van der Waals surface area contributed by atoms with Crippen molar-refractivity contribution in [2.75, 3.05) is 23.6 Å². The molecule has 1 rings (SSSR count). The number of hydrogen-bond acceptors (Lipinski definition) is 4. The highest BCUT2D eigenvalue weighted by Crippen LogP contribution is 2.22. The van der Waals surface area contributed by atoms with Crippen molar-refractivity contribution in [1.82, 2.24) is 0 Å². The van der Waals surface area contributed by atoms with Crippen molar-refractivity contribution >= 4 is 58.2 Å². The SMILES string of the molecule is CSCC[C@H](N)C(=O)Nc1ccc(Cl)c(CS(C)=O)c1.Cl. The number of carbonyl (C=O) groups is 1. The lowest BCUT2D eigenvalue weighted by Gasteiger charge is -2.13. The molecule has 0 radical (unpaired) electrons. The van der Waals surface area contributed by atoms with E-state index in [0.717, 1.165) is 11.3 Å². The summed E-state index contributed by atoms with van der Waals surface area (Å²) in [7, 11) is -0.985. The van der Waals surface area contributed by atoms with Gasteiger partial charge in [-0.15, -0.1) is 12.4 Å². The second kappa shape index (κ2) is 10.5. The van der Waals surface area contributed by atoms with Gasteiger partial charge in [0.2, 0.25) is 5.91 Å². The zero-order chi connectivity index (χ0) is 15.1. The number of amides is 1. The molecule has 1 amide bonds. The summed E-state index contributed by atoms with van der Waals surface area (Å²) in [5.41, 5.74) is 7.18. The smallest absolute Gasteiger partial charge is 0.241 e. The molecule has 0 fully saturated rings. The van der Waals surface area contributed by atoms with Gasteiger partial charge in [0.15, 0.2) is 0 Å². The molecule has 0 aliphatic carbocycles. The van der Waals surface area contributed by atoms with Crippen LogP contribution in [0.25, 0.3) is 0 Å². The van der Waals surface area contributed by atoms with Crippen molar-refractivity contribution in [3.8, 4) is 0 Å². The molecule has 0 heterocycles. The van der Waals surface area contributed by atoms with Crippen molar-refractivity contribution in [3.05, 3.63) is 28.8 Å². The Morgan fingerprint density at radius 3 is 2.76 bits per heavy atom. The van der Waals surface area contributed by atoms with Crippen LogP contribution in [0.1, 0.15) is 12.0 Å². The van der Waals surface area contributed by atoms with Gasteiger partial charge in [0.05, 0.1) is 6.04 Å². The number of anilines is 1. The third kappa shape index (κ3) is 7.51. The minimum atomic E-state index is -0.985. The van der Waals surface area contributed by atoms with Crippen molar-refractivity contribution in [2.24, 2.45) is 5.73 Å². The predicted molar refractivity (Wildman–Crippen MR) is 96.1 cm³/mol. The van der Waals surface area contributed by atoms with Crippen molar-refractivity contribution in [3.63, 3.8) is 0 Å². The van der Waals surface area contributed by atoms with Gasteiger partial charge >= 0.3 is 0 Å². The first kappa shape index (κ1) is 20.7. The van der Waals surface area contributed by atoms with Crippen molar-refractivity contribution in [2.45, 2.75) is 18.2 Å². The van der Waals surface area contributed by atoms with E-state index in [1.165, 1.54) is 0 Å². The van der Waals surface area contributed by atoms with Gasteiger partial charge in [-0.3, -0.25) is 9.00 Å². The highest BCUT2D eigenvalue weighted by molar-refractivity contribution is 7.98. The molecule has 1 unspecified atom stereocenters. The topological polar surface area (TPSA) is 72.2 Å². The van der Waals surface area contributed by atoms with Crippen LogP contribution in [0.3, 0.4) is 0 Å². The van der Waals surface area contributed by atoms with E-state index in [4.69, 9.17) is 17.3 Å². The Balaban J connectivity index is 0.00000400. The normalized spacial score (nSPS) is 13.1. The number of carbonyl (C=O) groups excluding carboxylic acids is 1. The van der Waals surface area contributed by atoms with Crippen LogP contribution in [0.4, 0.5) is 5.69 Å². The maximum atomic E-state index is 11.9. The summed E-state index contributed by atoms with van der Waals surface area (Å²) in [6.45, 7) is 0. The van der Waals surface area contributed by atoms with E-state index in [-0.39, 0.29) is 18.3 Å². The fourth-order valence-electron chi connectivity index (χ4n) is 1.59. The Morgan fingerprint density at radius 1 is 1.52 bits per heavy atom. The fourth-order valence-corrected chi connectivity index (χ4v) is 3.02. The lowest BCUT2D eigenvalue weighted by molar-refractivity contribution is -0.117. The lowest BCUT2D eigenvalue weighted by Crippen LogP contribution is -2.36. The standard InChI is InChI=1S/C13H19ClN2O2S2.ClH/c1-19-6-5-12(15)13(17)16-10-3-4-11(14)9(7-10)8-20(2)18;/h3-4,7,12H,5-6,8,15H2,1-2H3,(H,16,17);1H/t12-,20?;/m0./s1. The summed E-state index contributed by atoms with van der Waals surface area (Å²) in [4.78, 5) is 11.9. The van der Waals surface area contributed by atoms with Crippen LogP contribution < -0.4 is 11.1 Å². The second-order valence-corrected chi connectivity index (χ2v) is 7.23. The number of halogens is 2. The molecule has 0 bridgehead atoms. The summed E-state index contributed by atoms with van der Waals surface area (Å²) >= 11 is 7.69. The van der Waals surface area contributed by atoms with Crippen LogP contribution in [0, 0.1) is 0 Å². The van der Waals surface area contributed by atoms with Crippen molar-refractivity contribution in [1.29, 1.82) is 0 Å². The average Bonchev–Trinajstić information content (AvgIpc) is 2.39. The molecule has 8 heteroatoms. The number of hydrogen-bond donors (Lipinski definition) is 2. The molecule has 4 nitrogen and oxygen atoms in total. The number of rotatable bonds is 7. The molecule has 1 aromatic rings. The Hall–Kier alpha value is -0.270. The van der Waals surface area contributed by atoms with Crippen molar-refractivity contribution < 1.29 is 9.00 Å². The van der Waals surface area contributed by atoms with Gasteiger partial charge in [-0.2, -0.15) is 11.8 Å². The minimum Gasteiger partial charge on any atom is -0.325 e. The van der Waals surface area contributed by atoms with Crippen LogP contribution >= 0.6 is 35.8 Å². The zero-order valence-corrected chi connectivity index (χ0v) is 15.1. The molecule has 0 aliphatic rings. The highest BCUT2D eigenvalue weighted by atomic mass is 35.5. The number of thioether (sulfide) groups is 1. The summed E-state index contributed by atoms with van der Waals surface area (Å²) in [6, 6.07) is 4.61. The molecule has 1 aromatic carbocycles. The van der Waals surface area contributed by atoms with Crippen LogP contribution in [0.5, 0.6) is 0 Å². The van der Waals surface area contributed by atoms with Gasteiger partial charge in [0.1, 0.15) is 0 Å². The Labute approximate surface area is 143 Å². The molecule has 0 saturated carbocycles. The van der Waals surface area contributed by atoms with E-state index in [9.17, 15) is 9.00 Å². The van der Waals surface area contributed by atoms with E-state index in [0.29, 0.717) is 22.9 Å². The molecule has 0 spiro atoms. The monoisotopic (exact) mass is 370 g/mol. The number of nitrogens with one attached hydrogen (secondary N) is 1. The first-order valence-electron chi connectivity index (χ1n) is 6.08. The average molecular weight is 371 g/mol. The number of nitrogens with two attached hydrogens (primary N) is 1. The zero-order valence-electron chi connectivity index (χ0n) is 11.9. The van der Waals surface area contributed by atoms with Gasteiger partial charge in [-0.05, 0) is 42.2 Å². The predicted octanol–water partition coefficient (Wildman–Crippen LogP) is 2.66. The molecule has 2 atom stereocenters. The molecular weight excluding hydrogens is 351 g/mol. The largest absolute Gasteiger partial charge is 0.325 e. The second-order valence-electron chi connectivity index (χ2n) is 4.40. The fraction of sp³-hybridized carbons (Fsp3) is 0.462. The lowest BCUT2D eigenvalue weighted by atomic mass is 10.2. The van der Waals surface area contributed by atoms with E-state index >= 15 is 0 Å². The molecule has 21 heavy (non-hydrogen) atoms. The van der Waals surface area contributed by atoms with Crippen LogP contribution in [0.2, 0.25) is 5.02 Å². The van der Waals surface area contributed by atoms with E-state index in [1.807, 2.05) is 6.26 Å². The summed E-state index contributed by atoms with van der Waals surface area (Å²) < 4.78 is 11.3. The summed E-state index contributed by atoms with van der Waals surface area (Å²) in [5.74, 6) is 0.987. The van der Waals surface area contributed by atoms with Gasteiger partial charge in [0, 0.05) is 33.5 Å².